The molecule has 0 bridgehead atoms. The van der Waals surface area contributed by atoms with Gasteiger partial charge in [-0.25, -0.2) is 0 Å². The Morgan fingerprint density at radius 1 is 1.43 bits per heavy atom. The minimum Gasteiger partial charge on any atom is -0.386 e. The van der Waals surface area contributed by atoms with Crippen molar-refractivity contribution in [1.29, 1.82) is 0 Å². The molecule has 1 nitrogen and oxygen atoms in total. The normalized spacial score (nSPS) is 33.8. The molecule has 0 aliphatic heterocycles. The number of allylic oxidation sites excluding steroid dienone is 1. The maximum Gasteiger partial charge on any atom is 0.0853 e. The maximum atomic E-state index is 10.4. The van der Waals surface area contributed by atoms with Gasteiger partial charge in [0.1, 0.15) is 0 Å². The first-order valence-corrected chi connectivity index (χ1v) is 6.09. The van der Waals surface area contributed by atoms with Gasteiger partial charge in [-0.05, 0) is 25.2 Å². The van der Waals surface area contributed by atoms with Crippen LogP contribution >= 0.6 is 0 Å². The summed E-state index contributed by atoms with van der Waals surface area (Å²) in [5.74, 6) is 0.439. The van der Waals surface area contributed by atoms with Crippen LogP contribution in [0.2, 0.25) is 0 Å². The second-order valence-electron chi connectivity index (χ2n) is 4.68. The Balaban J connectivity index is 2.42. The summed E-state index contributed by atoms with van der Waals surface area (Å²) in [6.07, 6.45) is 12.4. The number of rotatable bonds is 4. The van der Waals surface area contributed by atoms with Crippen LogP contribution in [0.25, 0.3) is 0 Å². The highest BCUT2D eigenvalue weighted by Gasteiger charge is 2.32. The van der Waals surface area contributed by atoms with E-state index in [2.05, 4.69) is 26.0 Å². The van der Waals surface area contributed by atoms with Gasteiger partial charge < -0.3 is 5.11 Å². The fourth-order valence-corrected chi connectivity index (χ4v) is 2.21. The van der Waals surface area contributed by atoms with Gasteiger partial charge in [-0.3, -0.25) is 0 Å². The average Bonchev–Trinajstić information content (AvgIpc) is 2.18. The zero-order valence-electron chi connectivity index (χ0n) is 9.63. The van der Waals surface area contributed by atoms with Gasteiger partial charge in [0.2, 0.25) is 0 Å². The SMILES string of the molecule is CCCC/C=C\[C@]1(O)CCCC[C@@H]1C. The van der Waals surface area contributed by atoms with Crippen molar-refractivity contribution >= 4 is 0 Å². The molecule has 0 aromatic rings. The molecule has 82 valence electrons. The molecule has 0 spiro atoms. The molecule has 1 aliphatic carbocycles. The summed E-state index contributed by atoms with van der Waals surface area (Å²) in [6.45, 7) is 4.37. The molecule has 1 rings (SSSR count). The molecule has 1 saturated carbocycles. The minimum atomic E-state index is -0.494. The molecular weight excluding hydrogens is 172 g/mol. The van der Waals surface area contributed by atoms with Crippen LogP contribution in [-0.4, -0.2) is 10.7 Å². The highest BCUT2D eigenvalue weighted by Crippen LogP contribution is 2.34. The molecule has 0 radical (unpaired) electrons. The van der Waals surface area contributed by atoms with Crippen LogP contribution in [0.1, 0.15) is 58.8 Å². The highest BCUT2D eigenvalue weighted by atomic mass is 16.3. The van der Waals surface area contributed by atoms with E-state index in [0.29, 0.717) is 5.92 Å². The summed E-state index contributed by atoms with van der Waals surface area (Å²) in [4.78, 5) is 0. The van der Waals surface area contributed by atoms with E-state index < -0.39 is 5.60 Å². The molecule has 0 saturated heterocycles. The Labute approximate surface area is 88.2 Å². The fraction of sp³-hybridized carbons (Fsp3) is 0.846. The minimum absolute atomic E-state index is 0.439. The van der Waals surface area contributed by atoms with Crippen molar-refractivity contribution in [3.05, 3.63) is 12.2 Å². The largest absolute Gasteiger partial charge is 0.386 e. The van der Waals surface area contributed by atoms with Gasteiger partial charge in [0.05, 0.1) is 5.60 Å². The van der Waals surface area contributed by atoms with Crippen molar-refractivity contribution in [2.24, 2.45) is 5.92 Å². The van der Waals surface area contributed by atoms with Crippen molar-refractivity contribution in [3.8, 4) is 0 Å². The van der Waals surface area contributed by atoms with Crippen LogP contribution in [0.15, 0.2) is 12.2 Å². The quantitative estimate of drug-likeness (QED) is 0.537. The van der Waals surface area contributed by atoms with Crippen LogP contribution in [0, 0.1) is 5.92 Å². The van der Waals surface area contributed by atoms with Gasteiger partial charge in [-0.1, -0.05) is 51.7 Å². The Morgan fingerprint density at radius 2 is 2.21 bits per heavy atom. The van der Waals surface area contributed by atoms with Crippen molar-refractivity contribution in [3.63, 3.8) is 0 Å². The van der Waals surface area contributed by atoms with Crippen LogP contribution in [0.3, 0.4) is 0 Å². The summed E-state index contributed by atoms with van der Waals surface area (Å²) >= 11 is 0. The molecule has 1 N–H and O–H groups in total. The third kappa shape index (κ3) is 3.13. The molecule has 0 aromatic heterocycles. The second kappa shape index (κ2) is 5.55. The van der Waals surface area contributed by atoms with Gasteiger partial charge in [-0.2, -0.15) is 0 Å². The molecule has 14 heavy (non-hydrogen) atoms. The number of aliphatic hydroxyl groups is 1. The van der Waals surface area contributed by atoms with E-state index in [1.807, 2.05) is 0 Å². The lowest BCUT2D eigenvalue weighted by Gasteiger charge is -2.35. The van der Waals surface area contributed by atoms with E-state index in [1.165, 1.54) is 32.1 Å². The third-order valence-corrected chi connectivity index (χ3v) is 3.45. The van der Waals surface area contributed by atoms with Crippen molar-refractivity contribution in [2.75, 3.05) is 0 Å². The monoisotopic (exact) mass is 196 g/mol. The number of hydrogen-bond donors (Lipinski definition) is 1. The van der Waals surface area contributed by atoms with Gasteiger partial charge in [0.15, 0.2) is 0 Å². The maximum absolute atomic E-state index is 10.4. The lowest BCUT2D eigenvalue weighted by molar-refractivity contribution is 0.00321. The first-order chi connectivity index (χ1) is 6.69. The standard InChI is InChI=1S/C13H24O/c1-3-4-5-7-10-13(14)11-8-6-9-12(13)2/h7,10,12,14H,3-6,8-9,11H2,1-2H3/b10-7-/t12-,13-/m0/s1. The zero-order chi connectivity index (χ0) is 10.4. The Bertz CT molecular complexity index is 186. The molecule has 1 heteroatoms. The Kier molecular flexibility index (Phi) is 4.67. The third-order valence-electron chi connectivity index (χ3n) is 3.45. The van der Waals surface area contributed by atoms with Crippen molar-refractivity contribution < 1.29 is 5.11 Å². The Hall–Kier alpha value is -0.300. The van der Waals surface area contributed by atoms with E-state index in [9.17, 15) is 5.11 Å². The fourth-order valence-electron chi connectivity index (χ4n) is 2.21. The molecule has 1 aliphatic rings. The first kappa shape index (κ1) is 11.8. The van der Waals surface area contributed by atoms with Gasteiger partial charge >= 0.3 is 0 Å². The molecule has 0 unspecified atom stereocenters. The number of hydrogen-bond acceptors (Lipinski definition) is 1. The van der Waals surface area contributed by atoms with Crippen LogP contribution in [0.4, 0.5) is 0 Å². The summed E-state index contributed by atoms with van der Waals surface area (Å²) in [5, 5.41) is 10.4. The van der Waals surface area contributed by atoms with E-state index in [4.69, 9.17) is 0 Å². The predicted octanol–water partition coefficient (Wildman–Crippen LogP) is 3.67. The topological polar surface area (TPSA) is 20.2 Å². The van der Waals surface area contributed by atoms with Gasteiger partial charge in [0, 0.05) is 0 Å². The van der Waals surface area contributed by atoms with E-state index in [-0.39, 0.29) is 0 Å². The van der Waals surface area contributed by atoms with Gasteiger partial charge in [0.25, 0.3) is 0 Å². The van der Waals surface area contributed by atoms with Crippen LogP contribution in [0.5, 0.6) is 0 Å². The van der Waals surface area contributed by atoms with E-state index in [1.54, 1.807) is 0 Å². The molecular formula is C13H24O. The summed E-state index contributed by atoms with van der Waals surface area (Å²) < 4.78 is 0. The van der Waals surface area contributed by atoms with Crippen molar-refractivity contribution in [2.45, 2.75) is 64.4 Å². The lowest BCUT2D eigenvalue weighted by Crippen LogP contribution is -2.36. The number of unbranched alkanes of at least 4 members (excludes halogenated alkanes) is 2. The van der Waals surface area contributed by atoms with Crippen molar-refractivity contribution in [1.82, 2.24) is 0 Å². The molecule has 2 atom stereocenters. The molecule has 0 heterocycles. The zero-order valence-corrected chi connectivity index (χ0v) is 9.63. The molecule has 1 fully saturated rings. The lowest BCUT2D eigenvalue weighted by atomic mass is 9.76. The van der Waals surface area contributed by atoms with E-state index >= 15 is 0 Å². The summed E-state index contributed by atoms with van der Waals surface area (Å²) in [6, 6.07) is 0. The second-order valence-corrected chi connectivity index (χ2v) is 4.68. The van der Waals surface area contributed by atoms with Crippen LogP contribution < -0.4 is 0 Å². The van der Waals surface area contributed by atoms with Crippen LogP contribution in [-0.2, 0) is 0 Å². The first-order valence-electron chi connectivity index (χ1n) is 6.09. The van der Waals surface area contributed by atoms with Gasteiger partial charge in [-0.15, -0.1) is 0 Å². The Morgan fingerprint density at radius 3 is 2.86 bits per heavy atom. The predicted molar refractivity (Wildman–Crippen MR) is 61.2 cm³/mol. The smallest absolute Gasteiger partial charge is 0.0853 e. The highest BCUT2D eigenvalue weighted by molar-refractivity contribution is 5.05. The summed E-state index contributed by atoms with van der Waals surface area (Å²) in [7, 11) is 0. The average molecular weight is 196 g/mol. The van der Waals surface area contributed by atoms with E-state index in [0.717, 1.165) is 12.8 Å². The molecule has 0 aromatic carbocycles. The summed E-state index contributed by atoms with van der Waals surface area (Å²) in [5.41, 5.74) is -0.494. The molecule has 0 amide bonds.